The lowest BCUT2D eigenvalue weighted by Crippen LogP contribution is -2.47. The highest BCUT2D eigenvalue weighted by molar-refractivity contribution is 7.91. The smallest absolute Gasteiger partial charge is 0.342 e. The summed E-state index contributed by atoms with van der Waals surface area (Å²) in [4.78, 5) is 66.8. The molecule has 10 aromatic rings. The van der Waals surface area contributed by atoms with E-state index in [0.29, 0.717) is 53.2 Å². The van der Waals surface area contributed by atoms with Gasteiger partial charge in [-0.15, -0.1) is 0 Å². The van der Waals surface area contributed by atoms with Gasteiger partial charge < -0.3 is 37.0 Å². The number of piperidine rings is 2. The van der Waals surface area contributed by atoms with Crippen LogP contribution in [-0.4, -0.2) is 135 Å². The van der Waals surface area contributed by atoms with Crippen molar-refractivity contribution < 1.29 is 31.5 Å². The average Bonchev–Trinajstić information content (AvgIpc) is 3.21. The molecule has 0 spiro atoms. The number of rotatable bonds is 10. The Balaban J connectivity index is 0.000000148. The largest absolute Gasteiger partial charge is 0.477 e. The molecule has 4 bridgehead atoms. The molecule has 12 heterocycles. The number of fused-ring (bicyclic) bond motifs is 6. The van der Waals surface area contributed by atoms with Gasteiger partial charge >= 0.3 is 5.97 Å². The van der Waals surface area contributed by atoms with E-state index in [0.717, 1.165) is 90.2 Å². The summed E-state index contributed by atoms with van der Waals surface area (Å²) >= 11 is 0. The lowest BCUT2D eigenvalue weighted by molar-refractivity contribution is 0.0566. The molecule has 85 heavy (non-hydrogen) atoms. The summed E-state index contributed by atoms with van der Waals surface area (Å²) < 4.78 is 54.6. The maximum absolute atomic E-state index is 13.3. The predicted octanol–water partition coefficient (Wildman–Crippen LogP) is 5.85. The third-order valence-corrected chi connectivity index (χ3v) is 18.6. The predicted molar refractivity (Wildman–Crippen MR) is 315 cm³/mol. The molecule has 436 valence electrons. The molecule has 25 nitrogen and oxygen atoms in total. The van der Waals surface area contributed by atoms with Crippen LogP contribution < -0.4 is 27.9 Å². The minimum absolute atomic E-state index is 0.00215. The van der Waals surface area contributed by atoms with Crippen LogP contribution in [0.15, 0.2) is 141 Å². The molecular weight excluding hydrogens is 1130 g/mol. The molecule has 4 fully saturated rings. The first-order valence-corrected chi connectivity index (χ1v) is 31.2. The highest BCUT2D eigenvalue weighted by atomic mass is 32.2. The maximum Gasteiger partial charge on any atom is 0.342 e. The van der Waals surface area contributed by atoms with Crippen LogP contribution in [0.25, 0.3) is 56.1 Å². The molecular formula is C58H58N16O9S2. The van der Waals surface area contributed by atoms with Crippen molar-refractivity contribution in [1.82, 2.24) is 69.8 Å². The van der Waals surface area contributed by atoms with Gasteiger partial charge in [-0.2, -0.15) is 19.2 Å². The molecule has 2 aromatic carbocycles. The number of amides is 1. The number of sulfone groups is 2. The number of benzene rings is 2. The first-order valence-electron chi connectivity index (χ1n) is 27.4. The van der Waals surface area contributed by atoms with Crippen molar-refractivity contribution in [2.45, 2.75) is 97.2 Å². The van der Waals surface area contributed by atoms with Crippen LogP contribution in [0.4, 0.5) is 11.6 Å². The molecule has 0 aliphatic carbocycles. The van der Waals surface area contributed by atoms with Crippen molar-refractivity contribution in [2.75, 3.05) is 24.0 Å². The Morgan fingerprint density at radius 2 is 1.00 bits per heavy atom. The number of nitrogens with two attached hydrogens (primary N) is 2. The zero-order valence-corrected chi connectivity index (χ0v) is 47.5. The Bertz CT molecular complexity index is 4520. The van der Waals surface area contributed by atoms with Gasteiger partial charge in [-0.25, -0.2) is 31.6 Å². The van der Waals surface area contributed by atoms with Gasteiger partial charge in [-0.05, 0) is 63.5 Å². The number of hydrogen-bond donors (Lipinski definition) is 8. The lowest BCUT2D eigenvalue weighted by atomic mass is 9.87. The SMILES string of the molecule is CS(=O)(=O)c1c(C2C[C@H]3CC[C@@H](C2)N3)nc2c(-c3ccc(-c4ccccc4)nc3)cnn2c1N.CS(=O)(=O)c1c(C2C[C@H]3CC[C@@H](C2)N3C(=O)c2c[nH][nH]c2=O)nc2c(-c3ccc(-c4ccccc4)nc3)cnn2c1N.O=C(O)c1c[nH][nH]c1=O. The van der Waals surface area contributed by atoms with Crippen molar-refractivity contribution in [1.29, 1.82) is 0 Å². The minimum atomic E-state index is -3.77. The molecule has 8 aromatic heterocycles. The van der Waals surface area contributed by atoms with Gasteiger partial charge in [-0.3, -0.25) is 34.5 Å². The molecule has 0 radical (unpaired) electrons. The molecule has 10 N–H and O–H groups in total. The fourth-order valence-electron chi connectivity index (χ4n) is 12.5. The van der Waals surface area contributed by atoms with E-state index in [-0.39, 0.29) is 62.4 Å². The number of aromatic nitrogens is 12. The summed E-state index contributed by atoms with van der Waals surface area (Å²) in [5.41, 5.74) is 20.4. The summed E-state index contributed by atoms with van der Waals surface area (Å²) in [6.45, 7) is 0. The summed E-state index contributed by atoms with van der Waals surface area (Å²) in [7, 11) is -7.37. The minimum Gasteiger partial charge on any atom is -0.477 e. The summed E-state index contributed by atoms with van der Waals surface area (Å²) in [6, 6.07) is 28.1. The van der Waals surface area contributed by atoms with Crippen LogP contribution in [0.2, 0.25) is 0 Å². The third kappa shape index (κ3) is 10.8. The zero-order valence-electron chi connectivity index (χ0n) is 45.9. The number of nitrogens with zero attached hydrogens (tertiary/aromatic N) is 9. The van der Waals surface area contributed by atoms with E-state index in [9.17, 15) is 36.0 Å². The molecule has 1 amide bonds. The van der Waals surface area contributed by atoms with Gasteiger partial charge in [0.05, 0.1) is 35.2 Å². The van der Waals surface area contributed by atoms with Crippen LogP contribution in [0.1, 0.15) is 95.3 Å². The van der Waals surface area contributed by atoms with Crippen molar-refractivity contribution >= 4 is 54.5 Å². The van der Waals surface area contributed by atoms with E-state index in [1.165, 1.54) is 21.5 Å². The van der Waals surface area contributed by atoms with Gasteiger partial charge in [0.25, 0.3) is 17.0 Å². The number of carboxylic acid groups (broad SMARTS) is 1. The van der Waals surface area contributed by atoms with Crippen molar-refractivity contribution in [2.24, 2.45) is 0 Å². The molecule has 4 saturated heterocycles. The Labute approximate surface area is 484 Å². The topological polar surface area (TPSA) is 373 Å². The first kappa shape index (κ1) is 55.9. The molecule has 4 aliphatic heterocycles. The zero-order chi connectivity index (χ0) is 59.5. The Hall–Kier alpha value is -9.60. The quantitative estimate of drug-likeness (QED) is 0.0795. The molecule has 2 unspecified atom stereocenters. The van der Waals surface area contributed by atoms with Crippen molar-refractivity contribution in [3.63, 3.8) is 0 Å². The second-order valence-electron chi connectivity index (χ2n) is 21.8. The number of carbonyl (C=O) groups excluding carboxylic acids is 1. The third-order valence-electron chi connectivity index (χ3n) is 16.3. The van der Waals surface area contributed by atoms with E-state index < -0.39 is 36.8 Å². The average molecular weight is 1190 g/mol. The van der Waals surface area contributed by atoms with E-state index in [1.54, 1.807) is 29.7 Å². The number of carboxylic acids is 1. The second kappa shape index (κ2) is 22.2. The molecule has 4 aliphatic rings. The molecule has 6 atom stereocenters. The Morgan fingerprint density at radius 1 is 0.565 bits per heavy atom. The number of nitrogen functional groups attached to an aromatic ring is 2. The first-order chi connectivity index (χ1) is 40.8. The number of carbonyl (C=O) groups is 2. The molecule has 14 rings (SSSR count). The maximum atomic E-state index is 13.3. The number of H-pyrrole nitrogens is 4. The van der Waals surface area contributed by atoms with E-state index in [1.807, 2.05) is 84.9 Å². The monoisotopic (exact) mass is 1190 g/mol. The number of nitrogens with one attached hydrogen (secondary N) is 5. The Morgan fingerprint density at radius 3 is 1.38 bits per heavy atom. The van der Waals surface area contributed by atoms with Crippen molar-refractivity contribution in [3.8, 4) is 44.8 Å². The van der Waals surface area contributed by atoms with Crippen LogP contribution >= 0.6 is 0 Å². The Kier molecular flexibility index (Phi) is 14.6. The summed E-state index contributed by atoms with van der Waals surface area (Å²) in [6.07, 6.45) is 18.1. The second-order valence-corrected chi connectivity index (χ2v) is 25.7. The van der Waals surface area contributed by atoms with E-state index >= 15 is 0 Å². The standard InChI is InChI=1S/C29H28N8O4S.C25H26N6O2S.C4H4N2O3/c1-42(40,41)25-24(18-11-19-8-9-20(12-18)36(19)29(39)22-14-32-35-28(22)38)34-27-21(15-33-37(27)26(25)30)17-7-10-23(31-13-17)16-5-3-2-4-6-16;1-34(32,33)23-22(17-11-18-8-9-19(12-17)29-18)30-25-20(14-28-31(25)24(23)26)16-7-10-21(27-13-16)15-5-3-2-4-6-15;7-3-2(4(8)9)1-5-6-3/h2-7,10,13-15,18-20H,8-9,11-12,30H2,1H3,(H2,32,35,38);2-7,10,13-14,17-19,29H,8-9,11-12,26H2,1H3;1H,(H,8,9)(H2,5,6,7)/t18?,19-,20+;17?,18-,19+;. The normalized spacial score (nSPS) is 20.0. The fourth-order valence-corrected chi connectivity index (χ4v) is 14.6. The number of hydrogen-bond acceptors (Lipinski definition) is 17. The van der Waals surface area contributed by atoms with E-state index in [2.05, 4.69) is 45.9 Å². The number of anilines is 2. The van der Waals surface area contributed by atoms with Gasteiger partial charge in [-0.1, -0.05) is 72.8 Å². The molecule has 27 heteroatoms. The van der Waals surface area contributed by atoms with E-state index in [4.69, 9.17) is 26.5 Å². The van der Waals surface area contributed by atoms with Crippen LogP contribution in [0.5, 0.6) is 0 Å². The molecule has 0 saturated carbocycles. The van der Waals surface area contributed by atoms with Gasteiger partial charge in [0.1, 0.15) is 32.6 Å². The van der Waals surface area contributed by atoms with Gasteiger partial charge in [0.15, 0.2) is 31.0 Å². The number of aromatic carboxylic acids is 1. The lowest BCUT2D eigenvalue weighted by Gasteiger charge is -2.39. The van der Waals surface area contributed by atoms with Crippen LogP contribution in [0, 0.1) is 0 Å². The van der Waals surface area contributed by atoms with Crippen LogP contribution in [0.3, 0.4) is 0 Å². The van der Waals surface area contributed by atoms with Gasteiger partial charge in [0, 0.05) is 107 Å². The highest BCUT2D eigenvalue weighted by Gasteiger charge is 2.46. The number of pyridine rings is 2. The summed E-state index contributed by atoms with van der Waals surface area (Å²) in [5.74, 6) is -1.64. The van der Waals surface area contributed by atoms with Crippen LogP contribution in [-0.2, 0) is 19.7 Å². The van der Waals surface area contributed by atoms with Gasteiger partial charge in [0.2, 0.25) is 0 Å². The fraction of sp³-hybridized carbons (Fsp3) is 0.276. The summed E-state index contributed by atoms with van der Waals surface area (Å²) in [5, 5.41) is 30.0. The number of aromatic amines is 4. The highest BCUT2D eigenvalue weighted by Crippen LogP contribution is 2.46. The van der Waals surface area contributed by atoms with Crippen molar-refractivity contribution in [3.05, 3.63) is 165 Å².